The molecule has 0 saturated heterocycles. The van der Waals surface area contributed by atoms with Crippen LogP contribution in [0.3, 0.4) is 0 Å². The normalized spacial score (nSPS) is 11.4. The summed E-state index contributed by atoms with van der Waals surface area (Å²) in [5.74, 6) is 0. The third kappa shape index (κ3) is 2.45. The van der Waals surface area contributed by atoms with E-state index in [1.807, 2.05) is 6.26 Å². The topological polar surface area (TPSA) is 60.5 Å². The van der Waals surface area contributed by atoms with Gasteiger partial charge in [-0.2, -0.15) is 10.5 Å². The van der Waals surface area contributed by atoms with Crippen molar-refractivity contribution in [3.05, 3.63) is 47.6 Å². The van der Waals surface area contributed by atoms with E-state index in [1.165, 1.54) is 11.8 Å². The van der Waals surface area contributed by atoms with E-state index in [-0.39, 0.29) is 0 Å². The van der Waals surface area contributed by atoms with Crippen molar-refractivity contribution < 1.29 is 0 Å². The molecule has 1 rings (SSSR count). The number of aromatic nitrogens is 1. The average Bonchev–Trinajstić information content (AvgIpc) is 2.42. The highest BCUT2D eigenvalue weighted by atomic mass is 32.2. The molecule has 0 atom stereocenters. The molecule has 0 amide bonds. The fraction of sp³-hybridized carbons (Fsp3) is 0.214. The van der Waals surface area contributed by atoms with Gasteiger partial charge < -0.3 is 0 Å². The van der Waals surface area contributed by atoms with Gasteiger partial charge in [0.1, 0.15) is 0 Å². The van der Waals surface area contributed by atoms with E-state index in [1.54, 1.807) is 36.9 Å². The summed E-state index contributed by atoms with van der Waals surface area (Å²) in [4.78, 5) is 3.99. The van der Waals surface area contributed by atoms with Crippen LogP contribution in [0, 0.1) is 28.1 Å². The molecular weight excluding hydrogens is 242 g/mol. The smallest absolute Gasteiger partial charge is 0.190 e. The van der Waals surface area contributed by atoms with Crippen LogP contribution in [-0.4, -0.2) is 11.2 Å². The van der Waals surface area contributed by atoms with E-state index in [2.05, 4.69) is 23.7 Å². The summed E-state index contributed by atoms with van der Waals surface area (Å²) in [6.07, 6.45) is 5.13. The molecule has 0 fully saturated rings. The summed E-state index contributed by atoms with van der Waals surface area (Å²) in [6, 6.07) is 7.71. The molecule has 0 aliphatic carbocycles. The lowest BCUT2D eigenvalue weighted by atomic mass is 9.75. The number of rotatable bonds is 4. The van der Waals surface area contributed by atoms with Crippen LogP contribution in [0.15, 0.2) is 42.1 Å². The van der Waals surface area contributed by atoms with Crippen molar-refractivity contribution in [1.82, 2.24) is 4.98 Å². The van der Waals surface area contributed by atoms with Gasteiger partial charge in [-0.3, -0.25) is 4.98 Å². The van der Waals surface area contributed by atoms with Gasteiger partial charge in [0.15, 0.2) is 5.41 Å². The molecule has 1 heterocycles. The molecule has 0 aliphatic rings. The molecule has 0 N–H and O–H groups in total. The number of thioether (sulfide) groups is 1. The third-order valence-corrected chi connectivity index (χ3v) is 3.27. The van der Waals surface area contributed by atoms with Crippen molar-refractivity contribution in [2.24, 2.45) is 5.41 Å². The van der Waals surface area contributed by atoms with E-state index in [9.17, 15) is 10.5 Å². The third-order valence-electron chi connectivity index (χ3n) is 2.68. The van der Waals surface area contributed by atoms with Crippen molar-refractivity contribution in [1.29, 1.82) is 10.5 Å². The van der Waals surface area contributed by atoms with Crippen LogP contribution in [-0.2, 0) is 0 Å². The highest BCUT2D eigenvalue weighted by Gasteiger charge is 2.36. The zero-order valence-electron chi connectivity index (χ0n) is 10.3. The minimum Gasteiger partial charge on any atom is -0.264 e. The minimum atomic E-state index is -1.33. The Balaban J connectivity index is 3.33. The van der Waals surface area contributed by atoms with Gasteiger partial charge in [0.2, 0.25) is 0 Å². The van der Waals surface area contributed by atoms with E-state index in [0.717, 1.165) is 0 Å². The van der Waals surface area contributed by atoms with Crippen molar-refractivity contribution in [3.63, 3.8) is 0 Å². The van der Waals surface area contributed by atoms with Crippen LogP contribution in [0.4, 0.5) is 0 Å². The van der Waals surface area contributed by atoms with Gasteiger partial charge in [0.05, 0.1) is 12.1 Å². The first kappa shape index (κ1) is 14.0. The summed E-state index contributed by atoms with van der Waals surface area (Å²) in [5.41, 5.74) is 0.512. The number of hydrogen-bond donors (Lipinski definition) is 0. The van der Waals surface area contributed by atoms with Gasteiger partial charge in [0, 0.05) is 12.4 Å². The van der Waals surface area contributed by atoms with Gasteiger partial charge in [-0.05, 0) is 41.4 Å². The first-order valence-corrected chi connectivity index (χ1v) is 6.53. The molecule has 0 aromatic carbocycles. The molecule has 3 nitrogen and oxygen atoms in total. The van der Waals surface area contributed by atoms with Gasteiger partial charge in [-0.1, -0.05) is 12.6 Å². The van der Waals surface area contributed by atoms with Crippen LogP contribution in [0.2, 0.25) is 0 Å². The lowest BCUT2D eigenvalue weighted by Gasteiger charge is -2.22. The Morgan fingerprint density at radius 3 is 2.61 bits per heavy atom. The maximum Gasteiger partial charge on any atom is 0.190 e. The summed E-state index contributed by atoms with van der Waals surface area (Å²) in [5, 5.41) is 20.6. The number of nitrogens with zero attached hydrogens (tertiary/aromatic N) is 3. The van der Waals surface area contributed by atoms with Crippen LogP contribution in [0.5, 0.6) is 0 Å². The molecule has 1 aromatic rings. The number of allylic oxidation sites excluding steroid dienone is 2. The molecule has 90 valence electrons. The van der Waals surface area contributed by atoms with Gasteiger partial charge in [0.25, 0.3) is 0 Å². The Morgan fingerprint density at radius 1 is 1.50 bits per heavy atom. The Labute approximate surface area is 111 Å². The predicted octanol–water partition coefficient (Wildman–Crippen LogP) is 3.40. The summed E-state index contributed by atoms with van der Waals surface area (Å²) in [7, 11) is 0. The van der Waals surface area contributed by atoms with Gasteiger partial charge in [-0.15, -0.1) is 11.8 Å². The number of nitriles is 2. The SMILES string of the molecule is C=C(c1cccnc1)C(C#N)(C#N)C(C)=CSC. The zero-order chi connectivity index (χ0) is 13.6. The zero-order valence-corrected chi connectivity index (χ0v) is 11.2. The maximum absolute atomic E-state index is 9.40. The molecule has 0 unspecified atom stereocenters. The minimum absolute atomic E-state index is 0.461. The summed E-state index contributed by atoms with van der Waals surface area (Å²) < 4.78 is 0. The quantitative estimate of drug-likeness (QED) is 0.827. The van der Waals surface area contributed by atoms with E-state index < -0.39 is 5.41 Å². The van der Waals surface area contributed by atoms with Crippen molar-refractivity contribution in [2.45, 2.75) is 6.92 Å². The number of pyridine rings is 1. The monoisotopic (exact) mass is 255 g/mol. The van der Waals surface area contributed by atoms with Crippen molar-refractivity contribution >= 4 is 17.3 Å². The molecule has 0 bridgehead atoms. The van der Waals surface area contributed by atoms with Crippen LogP contribution < -0.4 is 0 Å². The van der Waals surface area contributed by atoms with E-state index in [0.29, 0.717) is 16.7 Å². The van der Waals surface area contributed by atoms with Crippen LogP contribution >= 0.6 is 11.8 Å². The summed E-state index contributed by atoms with van der Waals surface area (Å²) >= 11 is 1.46. The van der Waals surface area contributed by atoms with E-state index in [4.69, 9.17) is 0 Å². The Morgan fingerprint density at radius 2 is 2.17 bits per heavy atom. The molecule has 1 aromatic heterocycles. The first-order valence-electron chi connectivity index (χ1n) is 5.24. The predicted molar refractivity (Wildman–Crippen MR) is 74.2 cm³/mol. The van der Waals surface area contributed by atoms with Gasteiger partial charge in [-0.25, -0.2) is 0 Å². The molecule has 0 spiro atoms. The number of hydrogen-bond acceptors (Lipinski definition) is 4. The fourth-order valence-electron chi connectivity index (χ4n) is 1.60. The van der Waals surface area contributed by atoms with Crippen molar-refractivity contribution in [3.8, 4) is 12.1 Å². The van der Waals surface area contributed by atoms with E-state index >= 15 is 0 Å². The Kier molecular flexibility index (Phi) is 4.71. The average molecular weight is 255 g/mol. The molecular formula is C14H13N3S. The maximum atomic E-state index is 9.40. The fourth-order valence-corrected chi connectivity index (χ4v) is 2.13. The Bertz CT molecular complexity index is 533. The standard InChI is InChI=1S/C14H13N3S/c1-11(8-18-3)14(9-15,10-16)12(2)13-5-4-6-17-7-13/h4-8H,2H2,1,3H3. The summed E-state index contributed by atoms with van der Waals surface area (Å²) in [6.45, 7) is 5.68. The largest absolute Gasteiger partial charge is 0.264 e. The molecule has 18 heavy (non-hydrogen) atoms. The lowest BCUT2D eigenvalue weighted by Crippen LogP contribution is -2.19. The molecule has 0 radical (unpaired) electrons. The highest BCUT2D eigenvalue weighted by Crippen LogP contribution is 2.39. The molecule has 0 saturated carbocycles. The van der Waals surface area contributed by atoms with Crippen LogP contribution in [0.1, 0.15) is 12.5 Å². The Hall–Kier alpha value is -2.04. The second-order valence-corrected chi connectivity index (χ2v) is 4.44. The van der Waals surface area contributed by atoms with Gasteiger partial charge >= 0.3 is 0 Å². The molecule has 0 aliphatic heterocycles. The van der Waals surface area contributed by atoms with Crippen molar-refractivity contribution in [2.75, 3.05) is 6.26 Å². The second kappa shape index (κ2) is 6.05. The second-order valence-electron chi connectivity index (χ2n) is 3.73. The first-order chi connectivity index (χ1) is 8.62. The highest BCUT2D eigenvalue weighted by molar-refractivity contribution is 8.01. The van der Waals surface area contributed by atoms with Crippen LogP contribution in [0.25, 0.3) is 5.57 Å². The lowest BCUT2D eigenvalue weighted by molar-refractivity contribution is 0.816. The molecule has 4 heteroatoms.